The molecule has 130 valence electrons. The second kappa shape index (κ2) is 6.69. The molecule has 3 rings (SSSR count). The summed E-state index contributed by atoms with van der Waals surface area (Å²) in [7, 11) is 1.75. The topological polar surface area (TPSA) is 69.6 Å². The Balaban J connectivity index is 1.71. The number of hydrogen-bond acceptors (Lipinski definition) is 3. The summed E-state index contributed by atoms with van der Waals surface area (Å²) < 4.78 is 0. The fourth-order valence-corrected chi connectivity index (χ4v) is 3.05. The van der Waals surface area contributed by atoms with Gasteiger partial charge in [-0.05, 0) is 42.7 Å². The maximum atomic E-state index is 12.5. The van der Waals surface area contributed by atoms with Gasteiger partial charge in [0.15, 0.2) is 0 Å². The first-order valence-electron chi connectivity index (χ1n) is 8.34. The van der Waals surface area contributed by atoms with Crippen molar-refractivity contribution in [2.45, 2.75) is 25.4 Å². The van der Waals surface area contributed by atoms with Crippen molar-refractivity contribution in [3.8, 4) is 0 Å². The number of benzene rings is 2. The van der Waals surface area contributed by atoms with E-state index in [4.69, 9.17) is 0 Å². The number of amides is 2. The summed E-state index contributed by atoms with van der Waals surface area (Å²) in [4.78, 5) is 25.8. The molecule has 1 aliphatic rings. The van der Waals surface area contributed by atoms with Crippen LogP contribution in [0.4, 0.5) is 5.69 Å². The minimum absolute atomic E-state index is 0.0867. The van der Waals surface area contributed by atoms with Crippen molar-refractivity contribution < 1.29 is 14.7 Å². The molecule has 0 saturated heterocycles. The van der Waals surface area contributed by atoms with E-state index in [1.54, 1.807) is 31.0 Å². The average Bonchev–Trinajstić information content (AvgIpc) is 2.63. The van der Waals surface area contributed by atoms with Gasteiger partial charge in [0, 0.05) is 24.7 Å². The van der Waals surface area contributed by atoms with E-state index in [0.29, 0.717) is 18.4 Å². The number of anilines is 1. The molecule has 1 unspecified atom stereocenters. The maximum absolute atomic E-state index is 12.5. The minimum Gasteiger partial charge on any atom is -0.384 e. The summed E-state index contributed by atoms with van der Waals surface area (Å²) in [5, 5.41) is 13.4. The van der Waals surface area contributed by atoms with Gasteiger partial charge in [-0.25, -0.2) is 0 Å². The van der Waals surface area contributed by atoms with Gasteiger partial charge < -0.3 is 15.3 Å². The molecule has 1 aliphatic heterocycles. The molecule has 0 aromatic heterocycles. The van der Waals surface area contributed by atoms with E-state index in [2.05, 4.69) is 5.32 Å². The highest BCUT2D eigenvalue weighted by Crippen LogP contribution is 2.27. The van der Waals surface area contributed by atoms with E-state index in [0.717, 1.165) is 16.8 Å². The second-order valence-electron chi connectivity index (χ2n) is 6.62. The quantitative estimate of drug-likeness (QED) is 0.898. The zero-order valence-electron chi connectivity index (χ0n) is 14.5. The molecule has 2 aromatic rings. The third kappa shape index (κ3) is 3.56. The lowest BCUT2D eigenvalue weighted by molar-refractivity contribution is -0.118. The van der Waals surface area contributed by atoms with Crippen LogP contribution in [0.25, 0.3) is 0 Å². The lowest BCUT2D eigenvalue weighted by Crippen LogP contribution is -2.38. The molecule has 5 heteroatoms. The van der Waals surface area contributed by atoms with Crippen molar-refractivity contribution in [2.24, 2.45) is 0 Å². The molecular weight excluding hydrogens is 316 g/mol. The zero-order chi connectivity index (χ0) is 18.0. The van der Waals surface area contributed by atoms with Gasteiger partial charge in [-0.2, -0.15) is 0 Å². The Bertz CT molecular complexity index is 800. The summed E-state index contributed by atoms with van der Waals surface area (Å²) >= 11 is 0. The first-order valence-corrected chi connectivity index (χ1v) is 8.34. The van der Waals surface area contributed by atoms with Crippen LogP contribution in [0.1, 0.15) is 34.8 Å². The summed E-state index contributed by atoms with van der Waals surface area (Å²) in [5.74, 6) is -0.151. The van der Waals surface area contributed by atoms with Gasteiger partial charge in [0.1, 0.15) is 5.60 Å². The summed E-state index contributed by atoms with van der Waals surface area (Å²) in [5.41, 5.74) is 1.98. The summed E-state index contributed by atoms with van der Waals surface area (Å²) in [6.45, 7) is 1.79. The largest absolute Gasteiger partial charge is 0.384 e. The molecule has 1 heterocycles. The van der Waals surface area contributed by atoms with Crippen LogP contribution in [0.2, 0.25) is 0 Å². The van der Waals surface area contributed by atoms with Crippen LogP contribution < -0.4 is 10.2 Å². The number of carbonyl (C=O) groups excluding carboxylic acids is 2. The van der Waals surface area contributed by atoms with E-state index in [1.165, 1.54) is 0 Å². The number of fused-ring (bicyclic) bond motifs is 1. The minimum atomic E-state index is -1.14. The van der Waals surface area contributed by atoms with Crippen molar-refractivity contribution >= 4 is 17.5 Å². The smallest absolute Gasteiger partial charge is 0.251 e. The van der Waals surface area contributed by atoms with Crippen molar-refractivity contribution in [1.29, 1.82) is 0 Å². The van der Waals surface area contributed by atoms with E-state index < -0.39 is 5.60 Å². The van der Waals surface area contributed by atoms with Crippen LogP contribution >= 0.6 is 0 Å². The van der Waals surface area contributed by atoms with Crippen LogP contribution in [0.3, 0.4) is 0 Å². The predicted octanol–water partition coefficient (Wildman–Crippen LogP) is 2.23. The summed E-state index contributed by atoms with van der Waals surface area (Å²) in [6.07, 6.45) is 1.10. The summed E-state index contributed by atoms with van der Waals surface area (Å²) in [6, 6.07) is 14.6. The van der Waals surface area contributed by atoms with Crippen molar-refractivity contribution in [3.63, 3.8) is 0 Å². The van der Waals surface area contributed by atoms with Crippen molar-refractivity contribution in [1.82, 2.24) is 5.32 Å². The Morgan fingerprint density at radius 1 is 1.20 bits per heavy atom. The Hall–Kier alpha value is -2.66. The van der Waals surface area contributed by atoms with Gasteiger partial charge in [0.25, 0.3) is 5.91 Å². The van der Waals surface area contributed by atoms with E-state index in [9.17, 15) is 14.7 Å². The number of nitrogens with one attached hydrogen (secondary N) is 1. The van der Waals surface area contributed by atoms with E-state index in [-0.39, 0.29) is 18.4 Å². The number of aryl methyl sites for hydroxylation is 1. The molecule has 1 atom stereocenters. The molecular formula is C20H22N2O3. The van der Waals surface area contributed by atoms with Gasteiger partial charge >= 0.3 is 0 Å². The number of aliphatic hydroxyl groups is 1. The highest BCUT2D eigenvalue weighted by molar-refractivity contribution is 5.98. The molecule has 5 nitrogen and oxygen atoms in total. The molecule has 0 spiro atoms. The monoisotopic (exact) mass is 338 g/mol. The lowest BCUT2D eigenvalue weighted by atomic mass is 9.95. The predicted molar refractivity (Wildman–Crippen MR) is 96.5 cm³/mol. The standard InChI is InChI=1S/C20H22N2O3/c1-20(25,16-6-4-3-5-7-16)13-21-19(24)15-8-10-17-14(12-15)9-11-18(23)22(17)2/h3-8,10,12,25H,9,11,13H2,1-2H3,(H,21,24). The molecule has 2 amide bonds. The molecule has 0 saturated carbocycles. The first kappa shape index (κ1) is 17.2. The van der Waals surface area contributed by atoms with Gasteiger partial charge in [-0.3, -0.25) is 9.59 Å². The Labute approximate surface area is 147 Å². The fourth-order valence-electron chi connectivity index (χ4n) is 3.05. The number of carbonyl (C=O) groups is 2. The second-order valence-corrected chi connectivity index (χ2v) is 6.62. The van der Waals surface area contributed by atoms with Gasteiger partial charge in [0.05, 0.1) is 6.54 Å². The van der Waals surface area contributed by atoms with Crippen molar-refractivity contribution in [2.75, 3.05) is 18.5 Å². The van der Waals surface area contributed by atoms with Crippen LogP contribution in [0.15, 0.2) is 48.5 Å². The third-order valence-electron chi connectivity index (χ3n) is 4.67. The normalized spacial score (nSPS) is 16.1. The van der Waals surface area contributed by atoms with Gasteiger partial charge in [0.2, 0.25) is 5.91 Å². The Morgan fingerprint density at radius 2 is 1.92 bits per heavy atom. The molecule has 0 fully saturated rings. The fraction of sp³-hybridized carbons (Fsp3) is 0.300. The van der Waals surface area contributed by atoms with Crippen molar-refractivity contribution in [3.05, 3.63) is 65.2 Å². The van der Waals surface area contributed by atoms with Crippen LogP contribution in [-0.4, -0.2) is 30.5 Å². The van der Waals surface area contributed by atoms with Gasteiger partial charge in [-0.15, -0.1) is 0 Å². The molecule has 0 aliphatic carbocycles. The van der Waals surface area contributed by atoms with Crippen LogP contribution in [0.5, 0.6) is 0 Å². The zero-order valence-corrected chi connectivity index (χ0v) is 14.5. The van der Waals surface area contributed by atoms with Crippen LogP contribution in [-0.2, 0) is 16.8 Å². The maximum Gasteiger partial charge on any atom is 0.251 e. The molecule has 25 heavy (non-hydrogen) atoms. The Kier molecular flexibility index (Phi) is 4.59. The highest BCUT2D eigenvalue weighted by atomic mass is 16.3. The lowest BCUT2D eigenvalue weighted by Gasteiger charge is -2.26. The average molecular weight is 338 g/mol. The first-order chi connectivity index (χ1) is 11.9. The number of rotatable bonds is 4. The van der Waals surface area contributed by atoms with Gasteiger partial charge in [-0.1, -0.05) is 30.3 Å². The molecule has 2 N–H and O–H groups in total. The molecule has 2 aromatic carbocycles. The number of hydrogen-bond donors (Lipinski definition) is 2. The Morgan fingerprint density at radius 3 is 2.64 bits per heavy atom. The highest BCUT2D eigenvalue weighted by Gasteiger charge is 2.25. The molecule has 0 bridgehead atoms. The van der Waals surface area contributed by atoms with Crippen LogP contribution in [0, 0.1) is 0 Å². The van der Waals surface area contributed by atoms with E-state index >= 15 is 0 Å². The van der Waals surface area contributed by atoms with E-state index in [1.807, 2.05) is 36.4 Å². The molecule has 0 radical (unpaired) electrons. The third-order valence-corrected chi connectivity index (χ3v) is 4.67. The SMILES string of the molecule is CN1C(=O)CCc2cc(C(=O)NCC(C)(O)c3ccccc3)ccc21. The number of nitrogens with zero attached hydrogens (tertiary/aromatic N) is 1.